The summed E-state index contributed by atoms with van der Waals surface area (Å²) in [5.74, 6) is -1.04. The molecule has 0 unspecified atom stereocenters. The number of carbonyl (C=O) groups is 1. The van der Waals surface area contributed by atoms with Crippen molar-refractivity contribution >= 4 is 27.1 Å². The van der Waals surface area contributed by atoms with Crippen LogP contribution in [0.5, 0.6) is 0 Å². The van der Waals surface area contributed by atoms with E-state index in [4.69, 9.17) is 5.73 Å². The Morgan fingerprint density at radius 3 is 2.29 bits per heavy atom. The highest BCUT2D eigenvalue weighted by Crippen LogP contribution is 2.17. The van der Waals surface area contributed by atoms with Gasteiger partial charge in [-0.05, 0) is 42.5 Å². The number of sulfone groups is 1. The van der Waals surface area contributed by atoms with Gasteiger partial charge in [0.2, 0.25) is 0 Å². The van der Waals surface area contributed by atoms with Gasteiger partial charge >= 0.3 is 0 Å². The van der Waals surface area contributed by atoms with Gasteiger partial charge in [-0.25, -0.2) is 12.8 Å². The van der Waals surface area contributed by atoms with Gasteiger partial charge in [-0.1, -0.05) is 0 Å². The molecular formula is C14H13FN2O3S. The van der Waals surface area contributed by atoms with Crippen molar-refractivity contribution in [1.29, 1.82) is 0 Å². The van der Waals surface area contributed by atoms with E-state index in [0.717, 1.165) is 18.4 Å². The lowest BCUT2D eigenvalue weighted by molar-refractivity contribution is 0.102. The summed E-state index contributed by atoms with van der Waals surface area (Å²) in [4.78, 5) is 12.1. The summed E-state index contributed by atoms with van der Waals surface area (Å²) >= 11 is 0. The van der Waals surface area contributed by atoms with Crippen molar-refractivity contribution in [2.45, 2.75) is 4.90 Å². The van der Waals surface area contributed by atoms with Crippen molar-refractivity contribution in [3.63, 3.8) is 0 Å². The third-order valence-electron chi connectivity index (χ3n) is 2.72. The van der Waals surface area contributed by atoms with Crippen LogP contribution in [0.4, 0.5) is 15.8 Å². The third-order valence-corrected chi connectivity index (χ3v) is 3.85. The molecule has 0 aliphatic heterocycles. The summed E-state index contributed by atoms with van der Waals surface area (Å²) in [6.45, 7) is 0. The predicted octanol–water partition coefficient (Wildman–Crippen LogP) is 2.06. The summed E-state index contributed by atoms with van der Waals surface area (Å²) in [5, 5.41) is 2.49. The van der Waals surface area contributed by atoms with Gasteiger partial charge in [0.15, 0.2) is 9.84 Å². The summed E-state index contributed by atoms with van der Waals surface area (Å²) in [6, 6.07) is 9.14. The average molecular weight is 308 g/mol. The molecule has 1 amide bonds. The number of hydrogen-bond donors (Lipinski definition) is 2. The molecule has 110 valence electrons. The number of halogens is 1. The van der Waals surface area contributed by atoms with Gasteiger partial charge in [0.25, 0.3) is 5.91 Å². The first kappa shape index (κ1) is 15.0. The minimum atomic E-state index is -3.31. The quantitative estimate of drug-likeness (QED) is 0.849. The maximum Gasteiger partial charge on any atom is 0.255 e. The second-order valence-electron chi connectivity index (χ2n) is 4.52. The van der Waals surface area contributed by atoms with Crippen LogP contribution in [0.2, 0.25) is 0 Å². The Bertz CT molecular complexity index is 766. The van der Waals surface area contributed by atoms with Crippen LogP contribution in [-0.2, 0) is 9.84 Å². The number of nitrogens with one attached hydrogen (secondary N) is 1. The predicted molar refractivity (Wildman–Crippen MR) is 78.3 cm³/mol. The molecule has 2 aromatic rings. The van der Waals surface area contributed by atoms with Crippen LogP contribution in [-0.4, -0.2) is 20.6 Å². The zero-order valence-electron chi connectivity index (χ0n) is 11.1. The van der Waals surface area contributed by atoms with E-state index in [1.165, 1.54) is 30.3 Å². The van der Waals surface area contributed by atoms with Crippen LogP contribution in [0.25, 0.3) is 0 Å². The Morgan fingerprint density at radius 1 is 1.14 bits per heavy atom. The second kappa shape index (κ2) is 5.53. The zero-order valence-corrected chi connectivity index (χ0v) is 11.9. The molecule has 0 aliphatic carbocycles. The Hall–Kier alpha value is -2.41. The molecule has 0 fully saturated rings. The van der Waals surface area contributed by atoms with Crippen LogP contribution in [0, 0.1) is 5.82 Å². The fourth-order valence-corrected chi connectivity index (χ4v) is 2.37. The third kappa shape index (κ3) is 3.79. The maximum absolute atomic E-state index is 13.2. The van der Waals surface area contributed by atoms with E-state index >= 15 is 0 Å². The minimum absolute atomic E-state index is 0.119. The largest absolute Gasteiger partial charge is 0.399 e. The highest BCUT2D eigenvalue weighted by molar-refractivity contribution is 7.90. The molecule has 5 nitrogen and oxygen atoms in total. The van der Waals surface area contributed by atoms with E-state index in [9.17, 15) is 17.6 Å². The molecular weight excluding hydrogens is 295 g/mol. The van der Waals surface area contributed by atoms with Crippen molar-refractivity contribution in [2.75, 3.05) is 17.3 Å². The van der Waals surface area contributed by atoms with Gasteiger partial charge in [-0.3, -0.25) is 4.79 Å². The van der Waals surface area contributed by atoms with Gasteiger partial charge in [0.05, 0.1) is 4.90 Å². The molecule has 2 aromatic carbocycles. The van der Waals surface area contributed by atoms with Crippen LogP contribution < -0.4 is 11.1 Å². The lowest BCUT2D eigenvalue weighted by atomic mass is 10.2. The lowest BCUT2D eigenvalue weighted by Gasteiger charge is -2.07. The van der Waals surface area contributed by atoms with E-state index in [0.29, 0.717) is 0 Å². The first-order valence-corrected chi connectivity index (χ1v) is 7.82. The van der Waals surface area contributed by atoms with E-state index in [1.807, 2.05) is 0 Å². The normalized spacial score (nSPS) is 11.1. The molecule has 7 heteroatoms. The van der Waals surface area contributed by atoms with Crippen LogP contribution in [0.15, 0.2) is 47.4 Å². The number of rotatable bonds is 3. The van der Waals surface area contributed by atoms with Gasteiger partial charge in [0, 0.05) is 23.2 Å². The molecule has 2 rings (SSSR count). The number of anilines is 2. The highest BCUT2D eigenvalue weighted by Gasteiger charge is 2.10. The van der Waals surface area contributed by atoms with Crippen LogP contribution in [0.1, 0.15) is 10.4 Å². The van der Waals surface area contributed by atoms with Crippen molar-refractivity contribution in [3.05, 3.63) is 53.8 Å². The van der Waals surface area contributed by atoms with Crippen molar-refractivity contribution in [3.8, 4) is 0 Å². The minimum Gasteiger partial charge on any atom is -0.399 e. The fourth-order valence-electron chi connectivity index (χ4n) is 1.74. The first-order chi connectivity index (χ1) is 9.75. The van der Waals surface area contributed by atoms with Crippen LogP contribution >= 0.6 is 0 Å². The number of carbonyl (C=O) groups excluding carboxylic acids is 1. The molecule has 0 radical (unpaired) electrons. The maximum atomic E-state index is 13.2. The molecule has 0 heterocycles. The Balaban J connectivity index is 2.20. The molecule has 0 spiro atoms. The van der Waals surface area contributed by atoms with Crippen LogP contribution in [0.3, 0.4) is 0 Å². The van der Waals surface area contributed by atoms with Crippen molar-refractivity contribution in [2.24, 2.45) is 0 Å². The Kier molecular flexibility index (Phi) is 3.95. The second-order valence-corrected chi connectivity index (χ2v) is 6.54. The summed E-state index contributed by atoms with van der Waals surface area (Å²) < 4.78 is 35.8. The molecule has 0 aromatic heterocycles. The first-order valence-electron chi connectivity index (χ1n) is 5.93. The summed E-state index contributed by atoms with van der Waals surface area (Å²) in [6.07, 6.45) is 1.08. The van der Waals surface area contributed by atoms with E-state index < -0.39 is 21.6 Å². The standard InChI is InChI=1S/C14H13FN2O3S/c1-21(19,20)13-4-2-9(3-5-13)14(18)17-12-7-10(15)6-11(16)8-12/h2-8H,16H2,1H3,(H,17,18). The summed E-state index contributed by atoms with van der Waals surface area (Å²) in [5.41, 5.74) is 6.16. The Morgan fingerprint density at radius 2 is 1.76 bits per heavy atom. The number of nitrogen functional groups attached to an aromatic ring is 1. The summed E-state index contributed by atoms with van der Waals surface area (Å²) in [7, 11) is -3.31. The Labute approximate surface area is 121 Å². The molecule has 0 saturated heterocycles. The molecule has 3 N–H and O–H groups in total. The topological polar surface area (TPSA) is 89.3 Å². The van der Waals surface area contributed by atoms with E-state index in [1.54, 1.807) is 0 Å². The van der Waals surface area contributed by atoms with Gasteiger partial charge in [0.1, 0.15) is 5.82 Å². The monoisotopic (exact) mass is 308 g/mol. The average Bonchev–Trinajstić information content (AvgIpc) is 2.36. The van der Waals surface area contributed by atoms with E-state index in [2.05, 4.69) is 5.32 Å². The highest BCUT2D eigenvalue weighted by atomic mass is 32.2. The lowest BCUT2D eigenvalue weighted by Crippen LogP contribution is -2.12. The smallest absolute Gasteiger partial charge is 0.255 e. The van der Waals surface area contributed by atoms with E-state index in [-0.39, 0.29) is 21.8 Å². The molecule has 21 heavy (non-hydrogen) atoms. The molecule has 0 atom stereocenters. The molecule has 0 saturated carbocycles. The van der Waals surface area contributed by atoms with Gasteiger partial charge in [-0.2, -0.15) is 0 Å². The number of hydrogen-bond acceptors (Lipinski definition) is 4. The number of nitrogens with two attached hydrogens (primary N) is 1. The molecule has 0 bridgehead atoms. The molecule has 0 aliphatic rings. The number of amides is 1. The SMILES string of the molecule is CS(=O)(=O)c1ccc(C(=O)Nc2cc(N)cc(F)c2)cc1. The van der Waals surface area contributed by atoms with Crippen molar-refractivity contribution < 1.29 is 17.6 Å². The fraction of sp³-hybridized carbons (Fsp3) is 0.0714. The van der Waals surface area contributed by atoms with Gasteiger partial charge in [-0.15, -0.1) is 0 Å². The zero-order chi connectivity index (χ0) is 15.6. The number of benzene rings is 2. The van der Waals surface area contributed by atoms with Gasteiger partial charge < -0.3 is 11.1 Å². The van der Waals surface area contributed by atoms with Crippen molar-refractivity contribution in [1.82, 2.24) is 0 Å².